The largest absolute Gasteiger partial charge is 0.345 e. The van der Waals surface area contributed by atoms with E-state index in [-0.39, 0.29) is 11.8 Å². The van der Waals surface area contributed by atoms with Crippen LogP contribution in [0, 0.1) is 0 Å². The van der Waals surface area contributed by atoms with Gasteiger partial charge in [0.2, 0.25) is 11.8 Å². The van der Waals surface area contributed by atoms with Gasteiger partial charge in [-0.1, -0.05) is 13.3 Å². The van der Waals surface area contributed by atoms with Gasteiger partial charge in [0.25, 0.3) is 0 Å². The Balaban J connectivity index is 2.27. The highest BCUT2D eigenvalue weighted by Gasteiger charge is 2.21. The molecule has 0 N–H and O–H groups in total. The molecule has 18 heavy (non-hydrogen) atoms. The molecule has 1 aliphatic rings. The average molecular weight is 255 g/mol. The molecule has 5 heteroatoms. The fourth-order valence-corrected chi connectivity index (χ4v) is 2.05. The summed E-state index contributed by atoms with van der Waals surface area (Å²) in [6.07, 6.45) is 2.16. The monoisotopic (exact) mass is 255 g/mol. The third-order valence-corrected chi connectivity index (χ3v) is 3.45. The molecular weight excluding hydrogens is 230 g/mol. The molecular formula is C13H25N3O2. The van der Waals surface area contributed by atoms with Crippen LogP contribution in [0.5, 0.6) is 0 Å². The minimum atomic E-state index is 0.126. The van der Waals surface area contributed by atoms with Gasteiger partial charge in [0.05, 0.1) is 6.54 Å². The number of amides is 2. The van der Waals surface area contributed by atoms with Crippen LogP contribution in [0.15, 0.2) is 0 Å². The molecule has 0 aromatic carbocycles. The van der Waals surface area contributed by atoms with E-state index >= 15 is 0 Å². The Hall–Kier alpha value is -1.10. The Morgan fingerprint density at radius 3 is 2.28 bits per heavy atom. The molecule has 0 aromatic heterocycles. The zero-order chi connectivity index (χ0) is 13.5. The first kappa shape index (κ1) is 15.0. The van der Waals surface area contributed by atoms with E-state index < -0.39 is 0 Å². The van der Waals surface area contributed by atoms with Crippen molar-refractivity contribution in [1.29, 1.82) is 0 Å². The van der Waals surface area contributed by atoms with Crippen molar-refractivity contribution in [3.05, 3.63) is 0 Å². The Morgan fingerprint density at radius 1 is 1.17 bits per heavy atom. The number of unbranched alkanes of at least 4 members (excludes halogenated alkanes) is 1. The summed E-state index contributed by atoms with van der Waals surface area (Å²) in [5.74, 6) is 0.306. The second kappa shape index (κ2) is 7.36. The highest BCUT2D eigenvalue weighted by molar-refractivity contribution is 5.78. The Bertz CT molecular complexity index is 286. The van der Waals surface area contributed by atoms with Crippen molar-refractivity contribution < 1.29 is 9.59 Å². The molecule has 0 atom stereocenters. The molecule has 104 valence electrons. The van der Waals surface area contributed by atoms with Crippen LogP contribution in [0.4, 0.5) is 0 Å². The van der Waals surface area contributed by atoms with Crippen LogP contribution in [0.25, 0.3) is 0 Å². The molecule has 1 rings (SSSR count). The van der Waals surface area contributed by atoms with Gasteiger partial charge < -0.3 is 9.80 Å². The predicted molar refractivity (Wildman–Crippen MR) is 71.2 cm³/mol. The summed E-state index contributed by atoms with van der Waals surface area (Å²) in [6, 6.07) is 0. The zero-order valence-corrected chi connectivity index (χ0v) is 11.8. The Kier molecular flexibility index (Phi) is 6.12. The van der Waals surface area contributed by atoms with Crippen molar-refractivity contribution in [1.82, 2.24) is 14.7 Å². The van der Waals surface area contributed by atoms with E-state index in [0.29, 0.717) is 6.54 Å². The van der Waals surface area contributed by atoms with Crippen molar-refractivity contribution in [2.75, 3.05) is 46.3 Å². The normalized spacial score (nSPS) is 16.7. The molecule has 5 nitrogen and oxygen atoms in total. The van der Waals surface area contributed by atoms with Crippen LogP contribution in [0.2, 0.25) is 0 Å². The fourth-order valence-electron chi connectivity index (χ4n) is 2.05. The Labute approximate surface area is 110 Å². The van der Waals surface area contributed by atoms with Gasteiger partial charge in [0.1, 0.15) is 0 Å². The molecule has 1 aliphatic heterocycles. The molecule has 0 saturated carbocycles. The molecule has 2 amide bonds. The van der Waals surface area contributed by atoms with Crippen molar-refractivity contribution in [3.63, 3.8) is 0 Å². The smallest absolute Gasteiger partial charge is 0.236 e. The number of carbonyl (C=O) groups is 2. The molecule has 0 bridgehead atoms. The second-order valence-electron chi connectivity index (χ2n) is 4.95. The lowest BCUT2D eigenvalue weighted by Crippen LogP contribution is -2.50. The molecule has 1 fully saturated rings. The Morgan fingerprint density at radius 2 is 1.78 bits per heavy atom. The van der Waals surface area contributed by atoms with Gasteiger partial charge in [0, 0.05) is 46.7 Å². The van der Waals surface area contributed by atoms with Gasteiger partial charge in [-0.2, -0.15) is 0 Å². The summed E-state index contributed by atoms with van der Waals surface area (Å²) in [5, 5.41) is 0. The van der Waals surface area contributed by atoms with Gasteiger partial charge in [-0.15, -0.1) is 0 Å². The van der Waals surface area contributed by atoms with Gasteiger partial charge in [-0.3, -0.25) is 14.5 Å². The van der Waals surface area contributed by atoms with Crippen LogP contribution in [0.3, 0.4) is 0 Å². The first-order valence-electron chi connectivity index (χ1n) is 6.76. The first-order chi connectivity index (χ1) is 8.54. The number of nitrogens with zero attached hydrogens (tertiary/aromatic N) is 3. The molecule has 0 aromatic rings. The number of piperazine rings is 1. The lowest BCUT2D eigenvalue weighted by atomic mass is 10.3. The third kappa shape index (κ3) is 4.64. The summed E-state index contributed by atoms with van der Waals surface area (Å²) >= 11 is 0. The van der Waals surface area contributed by atoms with Gasteiger partial charge in [-0.25, -0.2) is 0 Å². The second-order valence-corrected chi connectivity index (χ2v) is 4.95. The summed E-state index contributed by atoms with van der Waals surface area (Å²) in [5.41, 5.74) is 0. The number of rotatable bonds is 5. The van der Waals surface area contributed by atoms with Crippen molar-refractivity contribution in [2.45, 2.75) is 26.7 Å². The maximum atomic E-state index is 11.9. The topological polar surface area (TPSA) is 43.9 Å². The number of carbonyl (C=O) groups excluding carboxylic acids is 2. The summed E-state index contributed by atoms with van der Waals surface area (Å²) < 4.78 is 0. The number of hydrogen-bond donors (Lipinski definition) is 0. The quantitative estimate of drug-likeness (QED) is 0.714. The van der Waals surface area contributed by atoms with E-state index in [9.17, 15) is 9.59 Å². The summed E-state index contributed by atoms with van der Waals surface area (Å²) in [6.45, 7) is 8.11. The molecule has 0 spiro atoms. The average Bonchev–Trinajstić information content (AvgIpc) is 2.36. The predicted octanol–water partition coefficient (Wildman–Crippen LogP) is 0.409. The molecule has 0 aliphatic carbocycles. The lowest BCUT2D eigenvalue weighted by molar-refractivity contribution is -0.133. The van der Waals surface area contributed by atoms with Gasteiger partial charge in [0.15, 0.2) is 0 Å². The van der Waals surface area contributed by atoms with Crippen LogP contribution in [0.1, 0.15) is 26.7 Å². The number of likely N-dealkylation sites (N-methyl/N-ethyl adjacent to an activating group) is 1. The van der Waals surface area contributed by atoms with E-state index in [1.165, 1.54) is 0 Å². The molecule has 1 heterocycles. The minimum absolute atomic E-state index is 0.126. The fraction of sp³-hybridized carbons (Fsp3) is 0.846. The van der Waals surface area contributed by atoms with Gasteiger partial charge >= 0.3 is 0 Å². The summed E-state index contributed by atoms with van der Waals surface area (Å²) in [4.78, 5) is 28.9. The van der Waals surface area contributed by atoms with Crippen LogP contribution < -0.4 is 0 Å². The van der Waals surface area contributed by atoms with E-state index in [4.69, 9.17) is 0 Å². The van der Waals surface area contributed by atoms with Crippen LogP contribution >= 0.6 is 0 Å². The third-order valence-electron chi connectivity index (χ3n) is 3.45. The zero-order valence-electron chi connectivity index (χ0n) is 11.8. The summed E-state index contributed by atoms with van der Waals surface area (Å²) in [7, 11) is 1.86. The van der Waals surface area contributed by atoms with Crippen molar-refractivity contribution >= 4 is 11.8 Å². The van der Waals surface area contributed by atoms with Crippen molar-refractivity contribution in [2.24, 2.45) is 0 Å². The maximum Gasteiger partial charge on any atom is 0.236 e. The molecule has 0 unspecified atom stereocenters. The van der Waals surface area contributed by atoms with Crippen LogP contribution in [-0.2, 0) is 9.59 Å². The minimum Gasteiger partial charge on any atom is -0.345 e. The van der Waals surface area contributed by atoms with Crippen molar-refractivity contribution in [3.8, 4) is 0 Å². The van der Waals surface area contributed by atoms with E-state index in [1.54, 1.807) is 11.8 Å². The molecule has 1 saturated heterocycles. The SMILES string of the molecule is CCCCN(C)C(=O)CN1CCN(C(C)=O)CC1. The van der Waals surface area contributed by atoms with E-state index in [1.807, 2.05) is 11.9 Å². The van der Waals surface area contributed by atoms with E-state index in [0.717, 1.165) is 45.6 Å². The van der Waals surface area contributed by atoms with Gasteiger partial charge in [-0.05, 0) is 6.42 Å². The number of hydrogen-bond acceptors (Lipinski definition) is 3. The highest BCUT2D eigenvalue weighted by atomic mass is 16.2. The van der Waals surface area contributed by atoms with E-state index in [2.05, 4.69) is 11.8 Å². The standard InChI is InChI=1S/C13H25N3O2/c1-4-5-6-14(3)13(18)11-15-7-9-16(10-8-15)12(2)17/h4-11H2,1-3H3. The first-order valence-corrected chi connectivity index (χ1v) is 6.76. The van der Waals surface area contributed by atoms with Crippen LogP contribution in [-0.4, -0.2) is 72.8 Å². The lowest BCUT2D eigenvalue weighted by Gasteiger charge is -2.34. The highest BCUT2D eigenvalue weighted by Crippen LogP contribution is 2.03. The molecule has 0 radical (unpaired) electrons. The maximum absolute atomic E-state index is 11.9.